The lowest BCUT2D eigenvalue weighted by Crippen LogP contribution is -2.44. The molecule has 16 heavy (non-hydrogen) atoms. The first-order chi connectivity index (χ1) is 7.77. The summed E-state index contributed by atoms with van der Waals surface area (Å²) in [5.41, 5.74) is 2.35. The average molecular weight is 239 g/mol. The number of thioether (sulfide) groups is 1. The number of nitrogens with zero attached hydrogens (tertiary/aromatic N) is 2. The Morgan fingerprint density at radius 1 is 1.56 bits per heavy atom. The summed E-state index contributed by atoms with van der Waals surface area (Å²) in [4.78, 5) is 11.1. The number of carbonyl (C=O) groups is 1. The Hall–Kier alpha value is -1.01. The molecule has 0 aliphatic carbocycles. The summed E-state index contributed by atoms with van der Waals surface area (Å²) in [6.45, 7) is 1.80. The van der Waals surface area contributed by atoms with Crippen LogP contribution in [0.5, 0.6) is 0 Å². The van der Waals surface area contributed by atoms with E-state index >= 15 is 0 Å². The summed E-state index contributed by atoms with van der Waals surface area (Å²) in [7, 11) is 0. The molecule has 86 valence electrons. The van der Waals surface area contributed by atoms with Crippen LogP contribution < -0.4 is 5.32 Å². The van der Waals surface area contributed by atoms with Crippen LogP contribution in [0.4, 0.5) is 0 Å². The number of nitrogens with one attached hydrogen (secondary N) is 1. The van der Waals surface area contributed by atoms with Gasteiger partial charge >= 0.3 is 5.97 Å². The highest BCUT2D eigenvalue weighted by Crippen LogP contribution is 2.30. The summed E-state index contributed by atoms with van der Waals surface area (Å²) >= 11 is 1.85. The molecule has 0 aromatic carbocycles. The summed E-state index contributed by atoms with van der Waals surface area (Å²) in [6.07, 6.45) is 0.835. The Morgan fingerprint density at radius 3 is 3.00 bits per heavy atom. The van der Waals surface area contributed by atoms with Crippen LogP contribution in [0, 0.1) is 0 Å². The van der Waals surface area contributed by atoms with E-state index in [2.05, 4.69) is 10.4 Å². The number of aromatic carboxylic acids is 1. The van der Waals surface area contributed by atoms with Crippen molar-refractivity contribution in [3.8, 4) is 0 Å². The predicted octanol–water partition coefficient (Wildman–Crippen LogP) is 0.515. The van der Waals surface area contributed by atoms with Crippen molar-refractivity contribution in [1.82, 2.24) is 15.1 Å². The van der Waals surface area contributed by atoms with E-state index in [1.54, 1.807) is 0 Å². The summed E-state index contributed by atoms with van der Waals surface area (Å²) < 4.78 is 1.93. The molecule has 1 saturated heterocycles. The topological polar surface area (TPSA) is 67.1 Å². The maximum absolute atomic E-state index is 11.1. The fraction of sp³-hybridized carbons (Fsp3) is 0.600. The minimum atomic E-state index is -0.894. The van der Waals surface area contributed by atoms with Crippen LogP contribution in [-0.2, 0) is 12.2 Å². The van der Waals surface area contributed by atoms with Gasteiger partial charge in [0.15, 0.2) is 5.69 Å². The molecule has 1 aromatic rings. The molecule has 0 unspecified atom stereocenters. The third-order valence-electron chi connectivity index (χ3n) is 3.16. The van der Waals surface area contributed by atoms with Gasteiger partial charge in [0.1, 0.15) is 0 Å². The second-order valence-electron chi connectivity index (χ2n) is 4.14. The summed E-state index contributed by atoms with van der Waals surface area (Å²) in [6, 6.07) is 0.348. The number of fused-ring (bicyclic) bond motifs is 1. The highest BCUT2D eigenvalue weighted by Gasteiger charge is 2.30. The zero-order valence-electron chi connectivity index (χ0n) is 8.77. The third kappa shape index (κ3) is 1.44. The molecule has 2 aliphatic heterocycles. The molecule has 0 radical (unpaired) electrons. The third-order valence-corrected chi connectivity index (χ3v) is 4.13. The van der Waals surface area contributed by atoms with Crippen molar-refractivity contribution in [1.29, 1.82) is 0 Å². The van der Waals surface area contributed by atoms with Crippen molar-refractivity contribution in [2.75, 3.05) is 18.8 Å². The second-order valence-corrected chi connectivity index (χ2v) is 5.24. The Labute approximate surface area is 97.2 Å². The molecular weight excluding hydrogens is 226 g/mol. The van der Waals surface area contributed by atoms with Gasteiger partial charge in [0, 0.05) is 24.4 Å². The van der Waals surface area contributed by atoms with E-state index in [4.69, 9.17) is 5.11 Å². The zero-order chi connectivity index (χ0) is 11.1. The van der Waals surface area contributed by atoms with Crippen LogP contribution in [0.15, 0.2) is 0 Å². The van der Waals surface area contributed by atoms with E-state index in [9.17, 15) is 4.79 Å². The number of aromatic nitrogens is 2. The van der Waals surface area contributed by atoms with E-state index in [1.807, 2.05) is 16.4 Å². The van der Waals surface area contributed by atoms with Crippen molar-refractivity contribution < 1.29 is 9.90 Å². The smallest absolute Gasteiger partial charge is 0.356 e. The van der Waals surface area contributed by atoms with Gasteiger partial charge in [-0.25, -0.2) is 4.79 Å². The molecule has 1 fully saturated rings. The highest BCUT2D eigenvalue weighted by atomic mass is 32.2. The minimum Gasteiger partial charge on any atom is -0.476 e. The summed E-state index contributed by atoms with van der Waals surface area (Å²) in [5.74, 6) is 1.00. The molecule has 3 heterocycles. The van der Waals surface area contributed by atoms with Crippen molar-refractivity contribution in [3.63, 3.8) is 0 Å². The molecule has 0 atom stereocenters. The van der Waals surface area contributed by atoms with Crippen molar-refractivity contribution >= 4 is 17.7 Å². The van der Waals surface area contributed by atoms with Gasteiger partial charge in [0.2, 0.25) is 0 Å². The van der Waals surface area contributed by atoms with Crippen LogP contribution >= 0.6 is 11.8 Å². The molecule has 1 aromatic heterocycles. The fourth-order valence-corrected chi connectivity index (χ4v) is 3.18. The monoisotopic (exact) mass is 239 g/mol. The first-order valence-corrected chi connectivity index (χ1v) is 6.55. The normalized spacial score (nSPS) is 20.2. The van der Waals surface area contributed by atoms with Gasteiger partial charge in [-0.05, 0) is 12.2 Å². The number of hydrogen-bond acceptors (Lipinski definition) is 4. The zero-order valence-corrected chi connectivity index (χ0v) is 9.59. The van der Waals surface area contributed by atoms with Crippen LogP contribution in [-0.4, -0.2) is 39.7 Å². The first kappa shape index (κ1) is 10.2. The lowest BCUT2D eigenvalue weighted by atomic mass is 10.1. The van der Waals surface area contributed by atoms with Gasteiger partial charge < -0.3 is 10.4 Å². The average Bonchev–Trinajstić information content (AvgIpc) is 2.56. The van der Waals surface area contributed by atoms with Crippen LogP contribution in [0.1, 0.15) is 27.8 Å². The molecule has 0 spiro atoms. The fourth-order valence-electron chi connectivity index (χ4n) is 2.18. The molecule has 2 N–H and O–H groups in total. The van der Waals surface area contributed by atoms with Crippen molar-refractivity contribution in [2.24, 2.45) is 0 Å². The predicted molar refractivity (Wildman–Crippen MR) is 61.0 cm³/mol. The lowest BCUT2D eigenvalue weighted by molar-refractivity contribution is 0.0687. The molecule has 6 heteroatoms. The Balaban J connectivity index is 2.07. The van der Waals surface area contributed by atoms with Crippen LogP contribution in [0.3, 0.4) is 0 Å². The van der Waals surface area contributed by atoms with Gasteiger partial charge in [0.25, 0.3) is 0 Å². The number of hydrogen-bond donors (Lipinski definition) is 2. The Morgan fingerprint density at radius 2 is 2.38 bits per heavy atom. The van der Waals surface area contributed by atoms with E-state index in [-0.39, 0.29) is 5.69 Å². The molecule has 3 rings (SSSR count). The van der Waals surface area contributed by atoms with Gasteiger partial charge in [0.05, 0.1) is 11.7 Å². The maximum atomic E-state index is 11.1. The van der Waals surface area contributed by atoms with E-state index in [0.29, 0.717) is 6.04 Å². The number of rotatable bonds is 2. The standard InChI is InChI=1S/C10H13N3O2S/c14-10(15)9-7-1-2-16-5-8(7)13(12-9)6-3-11-4-6/h6,11H,1-5H2,(H,14,15). The quantitative estimate of drug-likeness (QED) is 0.787. The van der Waals surface area contributed by atoms with Crippen LogP contribution in [0.25, 0.3) is 0 Å². The highest BCUT2D eigenvalue weighted by molar-refractivity contribution is 7.98. The SMILES string of the molecule is O=C(O)c1nn(C2CNC2)c2c1CCSC2. The van der Waals surface area contributed by atoms with Crippen LogP contribution in [0.2, 0.25) is 0 Å². The molecule has 0 bridgehead atoms. The maximum Gasteiger partial charge on any atom is 0.356 e. The molecular formula is C10H13N3O2S. The van der Waals surface area contributed by atoms with Gasteiger partial charge in [-0.1, -0.05) is 0 Å². The van der Waals surface area contributed by atoms with Gasteiger partial charge in [-0.15, -0.1) is 0 Å². The number of carboxylic acid groups (broad SMARTS) is 1. The minimum absolute atomic E-state index is 0.266. The van der Waals surface area contributed by atoms with E-state index in [1.165, 1.54) is 0 Å². The van der Waals surface area contributed by atoms with E-state index in [0.717, 1.165) is 42.3 Å². The lowest BCUT2D eigenvalue weighted by Gasteiger charge is -2.29. The van der Waals surface area contributed by atoms with Crippen molar-refractivity contribution in [2.45, 2.75) is 18.2 Å². The van der Waals surface area contributed by atoms with Gasteiger partial charge in [-0.3, -0.25) is 4.68 Å². The molecule has 0 saturated carbocycles. The molecule has 5 nitrogen and oxygen atoms in total. The Bertz CT molecular complexity index is 440. The molecule has 2 aliphatic rings. The number of carboxylic acids is 1. The molecule has 0 amide bonds. The second kappa shape index (κ2) is 3.78. The van der Waals surface area contributed by atoms with Gasteiger partial charge in [-0.2, -0.15) is 16.9 Å². The van der Waals surface area contributed by atoms with Crippen molar-refractivity contribution in [3.05, 3.63) is 17.0 Å². The Kier molecular flexibility index (Phi) is 2.40. The first-order valence-electron chi connectivity index (χ1n) is 5.39. The van der Waals surface area contributed by atoms with E-state index < -0.39 is 5.97 Å². The summed E-state index contributed by atoms with van der Waals surface area (Å²) in [5, 5.41) is 16.6. The largest absolute Gasteiger partial charge is 0.476 e.